The summed E-state index contributed by atoms with van der Waals surface area (Å²) >= 11 is 3.34. The van der Waals surface area contributed by atoms with Crippen molar-refractivity contribution >= 4 is 23.5 Å². The molecule has 0 atom stereocenters. The minimum Gasteiger partial charge on any atom is -0.324 e. The number of aryl methyl sites for hydroxylation is 2. The lowest BCUT2D eigenvalue weighted by Crippen LogP contribution is -2.15. The van der Waals surface area contributed by atoms with Crippen molar-refractivity contribution in [3.05, 3.63) is 39.3 Å². The highest BCUT2D eigenvalue weighted by Crippen LogP contribution is 2.24. The van der Waals surface area contributed by atoms with Crippen LogP contribution in [-0.4, -0.2) is 25.8 Å². The van der Waals surface area contributed by atoms with Gasteiger partial charge in [0.25, 0.3) is 5.56 Å². The van der Waals surface area contributed by atoms with Crippen LogP contribution in [0.4, 0.5) is 0 Å². The summed E-state index contributed by atoms with van der Waals surface area (Å²) in [5.74, 6) is 1.67. The zero-order valence-electron chi connectivity index (χ0n) is 12.2. The first kappa shape index (κ1) is 14.7. The van der Waals surface area contributed by atoms with Gasteiger partial charge in [0.2, 0.25) is 0 Å². The van der Waals surface area contributed by atoms with E-state index in [1.165, 1.54) is 5.69 Å². The fraction of sp³-hybridized carbons (Fsp3) is 0.500. The van der Waals surface area contributed by atoms with Gasteiger partial charge < -0.3 is 9.55 Å². The molecule has 0 bridgehead atoms. The maximum atomic E-state index is 12.0. The first-order valence-electron chi connectivity index (χ1n) is 6.93. The fourth-order valence-electron chi connectivity index (χ4n) is 2.57. The van der Waals surface area contributed by atoms with Gasteiger partial charge in [-0.3, -0.25) is 4.79 Å². The monoisotopic (exact) mass is 322 g/mol. The quantitative estimate of drug-likeness (QED) is 0.676. The van der Waals surface area contributed by atoms with E-state index in [1.54, 1.807) is 23.5 Å². The van der Waals surface area contributed by atoms with Crippen molar-refractivity contribution in [1.29, 1.82) is 0 Å². The number of rotatable bonds is 5. The predicted octanol–water partition coefficient (Wildman–Crippen LogP) is 2.38. The minimum atomic E-state index is 0.0364. The molecule has 2 heterocycles. The van der Waals surface area contributed by atoms with Crippen LogP contribution in [0.5, 0.6) is 0 Å². The van der Waals surface area contributed by atoms with E-state index in [0.717, 1.165) is 53.0 Å². The van der Waals surface area contributed by atoms with Crippen molar-refractivity contribution in [1.82, 2.24) is 19.5 Å². The van der Waals surface area contributed by atoms with Crippen molar-refractivity contribution in [3.8, 4) is 0 Å². The van der Waals surface area contributed by atoms with Crippen LogP contribution < -0.4 is 5.56 Å². The number of aromatic nitrogens is 4. The van der Waals surface area contributed by atoms with Gasteiger partial charge >= 0.3 is 0 Å². The molecule has 0 amide bonds. The number of aromatic amines is 1. The van der Waals surface area contributed by atoms with E-state index in [2.05, 4.69) is 25.8 Å². The average Bonchev–Trinajstić information content (AvgIpc) is 3.05. The Balaban J connectivity index is 1.78. The summed E-state index contributed by atoms with van der Waals surface area (Å²) in [5, 5.41) is 0.719. The lowest BCUT2D eigenvalue weighted by Gasteiger charge is -2.08. The minimum absolute atomic E-state index is 0.0364. The van der Waals surface area contributed by atoms with Crippen LogP contribution in [0.1, 0.15) is 29.1 Å². The molecule has 112 valence electrons. The molecule has 7 heteroatoms. The molecule has 0 saturated heterocycles. The molecule has 1 aliphatic carbocycles. The van der Waals surface area contributed by atoms with Gasteiger partial charge in [-0.05, 0) is 32.4 Å². The number of H-pyrrole nitrogens is 1. The van der Waals surface area contributed by atoms with Gasteiger partial charge in [-0.15, -0.1) is 11.8 Å². The molecular weight excluding hydrogens is 304 g/mol. The summed E-state index contributed by atoms with van der Waals surface area (Å²) in [6, 6.07) is 0. The number of imidazole rings is 1. The second kappa shape index (κ2) is 6.27. The number of thioether (sulfide) groups is 2. The molecule has 0 unspecified atom stereocenters. The molecule has 0 radical (unpaired) electrons. The van der Waals surface area contributed by atoms with Crippen molar-refractivity contribution in [2.45, 2.75) is 43.0 Å². The normalized spacial score (nSPS) is 13.6. The Morgan fingerprint density at radius 1 is 1.43 bits per heavy atom. The number of fused-ring (bicyclic) bond motifs is 1. The zero-order chi connectivity index (χ0) is 14.8. The second-order valence-electron chi connectivity index (χ2n) is 5.10. The topological polar surface area (TPSA) is 63.6 Å². The molecule has 0 fully saturated rings. The fourth-order valence-corrected chi connectivity index (χ4v) is 4.06. The lowest BCUT2D eigenvalue weighted by molar-refractivity contribution is 0.839. The maximum Gasteiger partial charge on any atom is 0.254 e. The molecule has 1 aliphatic rings. The van der Waals surface area contributed by atoms with Crippen LogP contribution in [0.3, 0.4) is 0 Å². The summed E-state index contributed by atoms with van der Waals surface area (Å²) in [6.07, 6.45) is 6.78. The van der Waals surface area contributed by atoms with Gasteiger partial charge in [-0.2, -0.15) is 0 Å². The van der Waals surface area contributed by atoms with Crippen LogP contribution in [0.25, 0.3) is 0 Å². The van der Waals surface area contributed by atoms with Crippen molar-refractivity contribution in [2.75, 3.05) is 6.26 Å². The smallest absolute Gasteiger partial charge is 0.254 e. The van der Waals surface area contributed by atoms with Crippen LogP contribution in [-0.2, 0) is 24.5 Å². The molecule has 0 spiro atoms. The van der Waals surface area contributed by atoms with Gasteiger partial charge in [0.05, 0.1) is 29.3 Å². The third kappa shape index (κ3) is 3.03. The van der Waals surface area contributed by atoms with Crippen molar-refractivity contribution in [2.24, 2.45) is 0 Å². The Labute approximate surface area is 132 Å². The standard InChI is InChI=1S/C14H18N4OS2/c1-9-12(18(7-15-9)8-20-2)6-21-14-16-11-5-3-4-10(11)13(19)17-14/h7H,3-6,8H2,1-2H3,(H,16,17,19). The van der Waals surface area contributed by atoms with E-state index >= 15 is 0 Å². The highest BCUT2D eigenvalue weighted by Gasteiger charge is 2.17. The van der Waals surface area contributed by atoms with Gasteiger partial charge in [0.1, 0.15) is 0 Å². The molecule has 0 saturated carbocycles. The van der Waals surface area contributed by atoms with E-state index in [9.17, 15) is 4.79 Å². The largest absolute Gasteiger partial charge is 0.324 e. The zero-order valence-corrected chi connectivity index (χ0v) is 13.8. The summed E-state index contributed by atoms with van der Waals surface area (Å²) < 4.78 is 2.15. The van der Waals surface area contributed by atoms with Crippen molar-refractivity contribution in [3.63, 3.8) is 0 Å². The SMILES string of the molecule is CSCn1cnc(C)c1CSc1nc2c(c(=O)[nH]1)CCC2. The number of hydrogen-bond donors (Lipinski definition) is 1. The van der Waals surface area contributed by atoms with E-state index in [0.29, 0.717) is 0 Å². The summed E-state index contributed by atoms with van der Waals surface area (Å²) in [4.78, 5) is 23.9. The third-order valence-corrected chi connectivity index (χ3v) is 5.11. The molecular formula is C14H18N4OS2. The van der Waals surface area contributed by atoms with Crippen LogP contribution in [0.2, 0.25) is 0 Å². The van der Waals surface area contributed by atoms with Gasteiger partial charge in [0.15, 0.2) is 5.16 Å². The molecule has 0 aromatic carbocycles. The number of nitrogens with zero attached hydrogens (tertiary/aromatic N) is 3. The molecule has 2 aromatic heterocycles. The van der Waals surface area contributed by atoms with E-state index < -0.39 is 0 Å². The summed E-state index contributed by atoms with van der Waals surface area (Å²) in [5.41, 5.74) is 4.13. The van der Waals surface area contributed by atoms with E-state index in [4.69, 9.17) is 0 Å². The van der Waals surface area contributed by atoms with Crippen LogP contribution >= 0.6 is 23.5 Å². The van der Waals surface area contributed by atoms with E-state index in [1.807, 2.05) is 13.3 Å². The average molecular weight is 322 g/mol. The Hall–Kier alpha value is -1.21. The van der Waals surface area contributed by atoms with Gasteiger partial charge in [-0.1, -0.05) is 11.8 Å². The Bertz CT molecular complexity index is 707. The maximum absolute atomic E-state index is 12.0. The molecule has 3 rings (SSSR count). The first-order valence-corrected chi connectivity index (χ1v) is 9.31. The van der Waals surface area contributed by atoms with Crippen molar-refractivity contribution < 1.29 is 0 Å². The van der Waals surface area contributed by atoms with Gasteiger partial charge in [0, 0.05) is 11.3 Å². The molecule has 5 nitrogen and oxygen atoms in total. The number of hydrogen-bond acceptors (Lipinski definition) is 5. The molecule has 21 heavy (non-hydrogen) atoms. The Morgan fingerprint density at radius 3 is 3.10 bits per heavy atom. The summed E-state index contributed by atoms with van der Waals surface area (Å²) in [6.45, 7) is 2.02. The predicted molar refractivity (Wildman–Crippen MR) is 86.9 cm³/mol. The second-order valence-corrected chi connectivity index (χ2v) is 6.90. The van der Waals surface area contributed by atoms with Crippen LogP contribution in [0.15, 0.2) is 16.3 Å². The highest BCUT2D eigenvalue weighted by molar-refractivity contribution is 7.98. The first-order chi connectivity index (χ1) is 10.2. The lowest BCUT2D eigenvalue weighted by atomic mass is 10.3. The molecule has 0 aliphatic heterocycles. The van der Waals surface area contributed by atoms with Crippen LogP contribution in [0, 0.1) is 6.92 Å². The van der Waals surface area contributed by atoms with E-state index in [-0.39, 0.29) is 5.56 Å². The third-order valence-electron chi connectivity index (χ3n) is 3.69. The Morgan fingerprint density at radius 2 is 2.29 bits per heavy atom. The summed E-state index contributed by atoms with van der Waals surface area (Å²) in [7, 11) is 0. The molecule has 1 N–H and O–H groups in total. The Kier molecular flexibility index (Phi) is 4.40. The van der Waals surface area contributed by atoms with Gasteiger partial charge in [-0.25, -0.2) is 9.97 Å². The number of nitrogens with one attached hydrogen (secondary N) is 1. The highest BCUT2D eigenvalue weighted by atomic mass is 32.2. The molecule has 2 aromatic rings.